The standard InChI is InChI=1S/C13H14FN3O2S/c14-13-2-1-12(3-9(13)4-15)20(18,19)17-7-10-5-16-6-11(10)8-17/h1-3,10-11,16H,5-8H2/t10-,11+. The molecular formula is C13H14FN3O2S. The van der Waals surface area contributed by atoms with Crippen LogP contribution in [-0.2, 0) is 10.0 Å². The molecule has 5 nitrogen and oxygen atoms in total. The number of sulfonamides is 1. The second kappa shape index (κ2) is 4.81. The highest BCUT2D eigenvalue weighted by Gasteiger charge is 2.41. The monoisotopic (exact) mass is 295 g/mol. The van der Waals surface area contributed by atoms with Gasteiger partial charge in [0.15, 0.2) is 0 Å². The molecule has 2 atom stereocenters. The van der Waals surface area contributed by atoms with Crippen LogP contribution < -0.4 is 5.32 Å². The average molecular weight is 295 g/mol. The fraction of sp³-hybridized carbons (Fsp3) is 0.462. The van der Waals surface area contributed by atoms with Gasteiger partial charge in [-0.15, -0.1) is 0 Å². The summed E-state index contributed by atoms with van der Waals surface area (Å²) in [7, 11) is -3.64. The van der Waals surface area contributed by atoms with E-state index in [9.17, 15) is 12.8 Å². The predicted molar refractivity (Wildman–Crippen MR) is 69.7 cm³/mol. The van der Waals surface area contributed by atoms with E-state index in [4.69, 9.17) is 5.26 Å². The van der Waals surface area contributed by atoms with Crippen LogP contribution >= 0.6 is 0 Å². The van der Waals surface area contributed by atoms with Crippen LogP contribution in [0.2, 0.25) is 0 Å². The van der Waals surface area contributed by atoms with Crippen LogP contribution in [0.3, 0.4) is 0 Å². The zero-order valence-corrected chi connectivity index (χ0v) is 11.5. The molecule has 2 saturated heterocycles. The Morgan fingerprint density at radius 1 is 1.30 bits per heavy atom. The van der Waals surface area contributed by atoms with Gasteiger partial charge in [-0.1, -0.05) is 0 Å². The van der Waals surface area contributed by atoms with Crippen LogP contribution in [-0.4, -0.2) is 38.9 Å². The fourth-order valence-electron chi connectivity index (χ4n) is 2.91. The number of nitriles is 1. The Morgan fingerprint density at radius 3 is 2.55 bits per heavy atom. The summed E-state index contributed by atoms with van der Waals surface area (Å²) in [6.07, 6.45) is 0. The van der Waals surface area contributed by atoms with Crippen molar-refractivity contribution in [3.05, 3.63) is 29.6 Å². The number of hydrogen-bond acceptors (Lipinski definition) is 4. The van der Waals surface area contributed by atoms with Crippen molar-refractivity contribution in [1.82, 2.24) is 9.62 Å². The summed E-state index contributed by atoms with van der Waals surface area (Å²) in [6.45, 7) is 2.64. The number of benzene rings is 1. The number of nitrogens with zero attached hydrogens (tertiary/aromatic N) is 2. The molecule has 1 aromatic rings. The Morgan fingerprint density at radius 2 is 1.95 bits per heavy atom. The summed E-state index contributed by atoms with van der Waals surface area (Å²) in [5.74, 6) is -0.00439. The number of hydrogen-bond donors (Lipinski definition) is 1. The molecule has 0 aromatic heterocycles. The van der Waals surface area contributed by atoms with E-state index in [1.807, 2.05) is 0 Å². The third kappa shape index (κ3) is 2.10. The first-order valence-electron chi connectivity index (χ1n) is 6.43. The van der Waals surface area contributed by atoms with Crippen LogP contribution in [0.15, 0.2) is 23.1 Å². The summed E-state index contributed by atoms with van der Waals surface area (Å²) in [5, 5.41) is 12.0. The molecule has 0 aliphatic carbocycles. The van der Waals surface area contributed by atoms with Crippen LogP contribution in [0.4, 0.5) is 4.39 Å². The predicted octanol–water partition coefficient (Wildman–Crippen LogP) is 0.537. The molecule has 3 rings (SSSR count). The van der Waals surface area contributed by atoms with E-state index in [0.29, 0.717) is 24.9 Å². The van der Waals surface area contributed by atoms with Gasteiger partial charge in [0.1, 0.15) is 11.9 Å². The van der Waals surface area contributed by atoms with Crippen molar-refractivity contribution in [1.29, 1.82) is 5.26 Å². The van der Waals surface area contributed by atoms with Gasteiger partial charge in [0.2, 0.25) is 10.0 Å². The van der Waals surface area contributed by atoms with Crippen LogP contribution in [0.1, 0.15) is 5.56 Å². The molecule has 0 saturated carbocycles. The molecule has 106 valence electrons. The zero-order chi connectivity index (χ0) is 14.3. The summed E-state index contributed by atoms with van der Waals surface area (Å²) < 4.78 is 39.8. The van der Waals surface area contributed by atoms with Gasteiger partial charge in [0, 0.05) is 13.1 Å². The van der Waals surface area contributed by atoms with Gasteiger partial charge >= 0.3 is 0 Å². The van der Waals surface area contributed by atoms with Crippen molar-refractivity contribution in [2.75, 3.05) is 26.2 Å². The number of nitrogens with one attached hydrogen (secondary N) is 1. The topological polar surface area (TPSA) is 73.2 Å². The first-order valence-corrected chi connectivity index (χ1v) is 7.87. The van der Waals surface area contributed by atoms with Crippen molar-refractivity contribution in [3.8, 4) is 6.07 Å². The summed E-state index contributed by atoms with van der Waals surface area (Å²) in [5.41, 5.74) is -0.243. The zero-order valence-electron chi connectivity index (χ0n) is 10.7. The molecule has 2 aliphatic rings. The van der Waals surface area contributed by atoms with Crippen LogP contribution in [0.25, 0.3) is 0 Å². The summed E-state index contributed by atoms with van der Waals surface area (Å²) in [6, 6.07) is 5.03. The molecule has 0 spiro atoms. The summed E-state index contributed by atoms with van der Waals surface area (Å²) in [4.78, 5) is -0.0108. The van der Waals surface area contributed by atoms with Gasteiger partial charge < -0.3 is 5.32 Å². The second-order valence-electron chi connectivity index (χ2n) is 5.25. The SMILES string of the molecule is N#Cc1cc(S(=O)(=O)N2C[C@H]3CNC[C@H]3C2)ccc1F. The highest BCUT2D eigenvalue weighted by molar-refractivity contribution is 7.89. The molecule has 7 heteroatoms. The lowest BCUT2D eigenvalue weighted by molar-refractivity contribution is 0.448. The van der Waals surface area contributed by atoms with E-state index in [2.05, 4.69) is 5.32 Å². The van der Waals surface area contributed by atoms with Gasteiger partial charge in [-0.05, 0) is 43.1 Å². The third-order valence-electron chi connectivity index (χ3n) is 4.05. The van der Waals surface area contributed by atoms with Crippen molar-refractivity contribution >= 4 is 10.0 Å². The highest BCUT2D eigenvalue weighted by atomic mass is 32.2. The Hall–Kier alpha value is -1.49. The first-order chi connectivity index (χ1) is 9.52. The van der Waals surface area contributed by atoms with E-state index in [0.717, 1.165) is 25.2 Å². The normalized spacial score (nSPS) is 26.4. The minimum atomic E-state index is -3.64. The number of fused-ring (bicyclic) bond motifs is 1. The fourth-order valence-corrected chi connectivity index (χ4v) is 4.49. The van der Waals surface area contributed by atoms with E-state index < -0.39 is 15.8 Å². The number of halogens is 1. The smallest absolute Gasteiger partial charge is 0.243 e. The largest absolute Gasteiger partial charge is 0.316 e. The van der Waals surface area contributed by atoms with Crippen molar-refractivity contribution in [2.45, 2.75) is 4.90 Å². The Balaban J connectivity index is 1.91. The molecule has 1 N–H and O–H groups in total. The maximum Gasteiger partial charge on any atom is 0.243 e. The lowest BCUT2D eigenvalue weighted by Crippen LogP contribution is -2.32. The molecule has 20 heavy (non-hydrogen) atoms. The second-order valence-corrected chi connectivity index (χ2v) is 7.19. The average Bonchev–Trinajstić information content (AvgIpc) is 2.99. The van der Waals surface area contributed by atoms with E-state index in [1.165, 1.54) is 10.4 Å². The Labute approximate surface area is 117 Å². The Bertz CT molecular complexity index is 671. The molecule has 2 aliphatic heterocycles. The molecule has 0 radical (unpaired) electrons. The van der Waals surface area contributed by atoms with Gasteiger partial charge in [-0.3, -0.25) is 0 Å². The maximum atomic E-state index is 13.3. The lowest BCUT2D eigenvalue weighted by Gasteiger charge is -2.17. The van der Waals surface area contributed by atoms with E-state index in [-0.39, 0.29) is 10.5 Å². The highest BCUT2D eigenvalue weighted by Crippen LogP contribution is 2.31. The molecule has 0 unspecified atom stereocenters. The molecular weight excluding hydrogens is 281 g/mol. The minimum Gasteiger partial charge on any atom is -0.316 e. The van der Waals surface area contributed by atoms with E-state index in [1.54, 1.807) is 6.07 Å². The van der Waals surface area contributed by atoms with Gasteiger partial charge in [-0.25, -0.2) is 12.8 Å². The quantitative estimate of drug-likeness (QED) is 0.864. The third-order valence-corrected chi connectivity index (χ3v) is 5.88. The van der Waals surface area contributed by atoms with Crippen LogP contribution in [0, 0.1) is 29.0 Å². The van der Waals surface area contributed by atoms with Crippen LogP contribution in [0.5, 0.6) is 0 Å². The molecule has 0 amide bonds. The molecule has 0 bridgehead atoms. The summed E-state index contributed by atoms with van der Waals surface area (Å²) >= 11 is 0. The van der Waals surface area contributed by atoms with Crippen molar-refractivity contribution in [3.63, 3.8) is 0 Å². The molecule has 1 aromatic carbocycles. The first kappa shape index (κ1) is 13.5. The van der Waals surface area contributed by atoms with E-state index >= 15 is 0 Å². The number of rotatable bonds is 2. The minimum absolute atomic E-state index is 0.0108. The van der Waals surface area contributed by atoms with Gasteiger partial charge in [0.25, 0.3) is 0 Å². The van der Waals surface area contributed by atoms with Gasteiger partial charge in [0.05, 0.1) is 10.5 Å². The Kier molecular flexibility index (Phi) is 3.24. The van der Waals surface area contributed by atoms with Crippen molar-refractivity contribution in [2.24, 2.45) is 11.8 Å². The van der Waals surface area contributed by atoms with Crippen molar-refractivity contribution < 1.29 is 12.8 Å². The lowest BCUT2D eigenvalue weighted by atomic mass is 10.0. The van der Waals surface area contributed by atoms with Gasteiger partial charge in [-0.2, -0.15) is 9.57 Å². The molecule has 2 fully saturated rings. The molecule has 2 heterocycles. The maximum absolute atomic E-state index is 13.3.